The minimum atomic E-state index is -2.97. The third-order valence-corrected chi connectivity index (χ3v) is 4.29. The maximum atomic E-state index is 11.9. The van der Waals surface area contributed by atoms with Gasteiger partial charge in [-0.05, 0) is 34.1 Å². The number of hydrogen-bond acceptors (Lipinski definition) is 5. The van der Waals surface area contributed by atoms with E-state index in [0.29, 0.717) is 19.6 Å². The van der Waals surface area contributed by atoms with Gasteiger partial charge in [0, 0.05) is 31.9 Å². The third kappa shape index (κ3) is 7.79. The maximum absolute atomic E-state index is 11.9. The normalized spacial score (nSPS) is 17.9. The smallest absolute Gasteiger partial charge is 0.410 e. The number of carbonyl (C=O) groups is 1. The number of amides is 1. The number of carbonyl (C=O) groups excluding carboxylic acids is 1. The zero-order chi connectivity index (χ0) is 17.0. The first-order valence-electron chi connectivity index (χ1n) is 7.53. The highest BCUT2D eigenvalue weighted by Crippen LogP contribution is 2.15. The summed E-state index contributed by atoms with van der Waals surface area (Å²) in [5, 5.41) is 3.21. The van der Waals surface area contributed by atoms with Gasteiger partial charge in [0.25, 0.3) is 0 Å². The lowest BCUT2D eigenvalue weighted by molar-refractivity contribution is 0.0265. The predicted octanol–water partition coefficient (Wildman–Crippen LogP) is 1.58. The Morgan fingerprint density at radius 2 is 2.09 bits per heavy atom. The zero-order valence-corrected chi connectivity index (χ0v) is 15.0. The summed E-state index contributed by atoms with van der Waals surface area (Å²) in [4.78, 5) is 13.6. The molecule has 1 unspecified atom stereocenters. The monoisotopic (exact) mass is 332 g/mol. The Morgan fingerprint density at radius 1 is 1.45 bits per heavy atom. The van der Waals surface area contributed by atoms with Gasteiger partial charge in [0.15, 0.2) is 0 Å². The molecule has 0 aliphatic carbocycles. The van der Waals surface area contributed by atoms with Crippen molar-refractivity contribution in [1.82, 2.24) is 10.2 Å². The Labute approximate surface area is 133 Å². The molecule has 1 atom stereocenters. The summed E-state index contributed by atoms with van der Waals surface area (Å²) in [6, 6.07) is -0.0835. The van der Waals surface area contributed by atoms with Gasteiger partial charge in [-0.3, -0.25) is 0 Å². The van der Waals surface area contributed by atoms with Crippen molar-refractivity contribution < 1.29 is 17.9 Å². The lowest BCUT2D eigenvalue weighted by atomic mass is 10.1. The van der Waals surface area contributed by atoms with Gasteiger partial charge in [0.1, 0.15) is 15.4 Å². The van der Waals surface area contributed by atoms with Gasteiger partial charge in [-0.25, -0.2) is 13.2 Å². The fourth-order valence-corrected chi connectivity index (χ4v) is 3.21. The minimum absolute atomic E-state index is 0.0835. The van der Waals surface area contributed by atoms with E-state index in [1.165, 1.54) is 11.8 Å². The number of ether oxygens (including phenoxy) is 1. The van der Waals surface area contributed by atoms with Crippen molar-refractivity contribution in [2.75, 3.05) is 31.6 Å². The molecule has 1 aliphatic rings. The highest BCUT2D eigenvalue weighted by atomic mass is 32.2. The van der Waals surface area contributed by atoms with Gasteiger partial charge in [0.05, 0.1) is 5.75 Å². The van der Waals surface area contributed by atoms with Crippen LogP contribution in [0.25, 0.3) is 0 Å². The minimum Gasteiger partial charge on any atom is -0.444 e. The fraction of sp³-hybridized carbons (Fsp3) is 0.800. The lowest BCUT2D eigenvalue weighted by Gasteiger charge is -2.30. The molecule has 1 aliphatic heterocycles. The molecule has 0 saturated heterocycles. The van der Waals surface area contributed by atoms with Gasteiger partial charge in [-0.15, -0.1) is 0 Å². The number of nitrogens with zero attached hydrogens (tertiary/aromatic N) is 1. The van der Waals surface area contributed by atoms with E-state index < -0.39 is 15.4 Å². The molecule has 128 valence electrons. The molecule has 0 saturated carbocycles. The van der Waals surface area contributed by atoms with Gasteiger partial charge in [0.2, 0.25) is 0 Å². The van der Waals surface area contributed by atoms with Gasteiger partial charge < -0.3 is 15.0 Å². The molecule has 0 bridgehead atoms. The molecule has 6 nitrogen and oxygen atoms in total. The Kier molecular flexibility index (Phi) is 6.43. The van der Waals surface area contributed by atoms with Crippen molar-refractivity contribution in [3.8, 4) is 0 Å². The Bertz CT molecular complexity index is 520. The van der Waals surface area contributed by atoms with Crippen LogP contribution in [0, 0.1) is 0 Å². The highest BCUT2D eigenvalue weighted by molar-refractivity contribution is 7.90. The van der Waals surface area contributed by atoms with E-state index in [0.717, 1.165) is 6.42 Å². The molecule has 0 spiro atoms. The molecule has 0 aromatic heterocycles. The zero-order valence-electron chi connectivity index (χ0n) is 14.2. The lowest BCUT2D eigenvalue weighted by Crippen LogP contribution is -2.40. The number of sulfone groups is 1. The number of hydrogen-bond donors (Lipinski definition) is 1. The van der Waals surface area contributed by atoms with Crippen LogP contribution in [0.1, 0.15) is 34.1 Å². The fourth-order valence-electron chi connectivity index (χ4n) is 2.18. The van der Waals surface area contributed by atoms with Crippen molar-refractivity contribution >= 4 is 15.9 Å². The van der Waals surface area contributed by atoms with E-state index in [1.807, 2.05) is 33.8 Å². The van der Waals surface area contributed by atoms with E-state index >= 15 is 0 Å². The molecular weight excluding hydrogens is 304 g/mol. The molecular formula is C15H28N2O4S. The van der Waals surface area contributed by atoms with Crippen LogP contribution >= 0.6 is 0 Å². The summed E-state index contributed by atoms with van der Waals surface area (Å²) in [6.45, 7) is 9.22. The van der Waals surface area contributed by atoms with Crippen LogP contribution in [0.3, 0.4) is 0 Å². The van der Waals surface area contributed by atoms with E-state index in [-0.39, 0.29) is 17.9 Å². The SMILES string of the molecule is CC(CS(C)(=O)=O)NCC1=CCN(C(=O)OC(C)(C)C)CC1. The van der Waals surface area contributed by atoms with E-state index in [4.69, 9.17) is 4.74 Å². The Balaban J connectivity index is 2.40. The van der Waals surface area contributed by atoms with Crippen molar-refractivity contribution in [2.45, 2.75) is 45.8 Å². The first-order valence-corrected chi connectivity index (χ1v) is 9.59. The van der Waals surface area contributed by atoms with Gasteiger partial charge in [-0.2, -0.15) is 0 Å². The van der Waals surface area contributed by atoms with Crippen LogP contribution in [-0.2, 0) is 14.6 Å². The van der Waals surface area contributed by atoms with E-state index in [9.17, 15) is 13.2 Å². The van der Waals surface area contributed by atoms with Crippen molar-refractivity contribution in [2.24, 2.45) is 0 Å². The molecule has 1 amide bonds. The quantitative estimate of drug-likeness (QED) is 0.774. The molecule has 0 fully saturated rings. The van der Waals surface area contributed by atoms with E-state index in [1.54, 1.807) is 4.90 Å². The summed E-state index contributed by atoms with van der Waals surface area (Å²) in [5.74, 6) is 0.129. The van der Waals surface area contributed by atoms with Crippen molar-refractivity contribution in [1.29, 1.82) is 0 Å². The molecule has 1 rings (SSSR count). The van der Waals surface area contributed by atoms with Crippen molar-refractivity contribution in [3.63, 3.8) is 0 Å². The summed E-state index contributed by atoms with van der Waals surface area (Å²) in [6.07, 6.45) is 3.73. The van der Waals surface area contributed by atoms with E-state index in [2.05, 4.69) is 5.32 Å². The maximum Gasteiger partial charge on any atom is 0.410 e. The second-order valence-corrected chi connectivity index (χ2v) is 9.10. The molecule has 0 radical (unpaired) electrons. The topological polar surface area (TPSA) is 75.7 Å². The first-order chi connectivity index (χ1) is 9.96. The third-order valence-electron chi connectivity index (χ3n) is 3.19. The molecule has 7 heteroatoms. The second-order valence-electron chi connectivity index (χ2n) is 6.91. The summed E-state index contributed by atoms with van der Waals surface area (Å²) in [7, 11) is -2.97. The van der Waals surface area contributed by atoms with Crippen LogP contribution in [0.15, 0.2) is 11.6 Å². The average molecular weight is 332 g/mol. The van der Waals surface area contributed by atoms with Crippen LogP contribution in [0.5, 0.6) is 0 Å². The molecule has 1 heterocycles. The van der Waals surface area contributed by atoms with Crippen molar-refractivity contribution in [3.05, 3.63) is 11.6 Å². The Hall–Kier alpha value is -1.08. The van der Waals surface area contributed by atoms with Gasteiger partial charge in [-0.1, -0.05) is 11.6 Å². The second kappa shape index (κ2) is 7.46. The molecule has 1 N–H and O–H groups in total. The Morgan fingerprint density at radius 3 is 2.55 bits per heavy atom. The first kappa shape index (κ1) is 19.0. The number of nitrogens with one attached hydrogen (secondary N) is 1. The highest BCUT2D eigenvalue weighted by Gasteiger charge is 2.23. The predicted molar refractivity (Wildman–Crippen MR) is 87.7 cm³/mol. The summed E-state index contributed by atoms with van der Waals surface area (Å²) in [5.41, 5.74) is 0.712. The van der Waals surface area contributed by atoms with Crippen LogP contribution in [0.2, 0.25) is 0 Å². The van der Waals surface area contributed by atoms with Crippen LogP contribution < -0.4 is 5.32 Å². The summed E-state index contributed by atoms with van der Waals surface area (Å²) >= 11 is 0. The summed E-state index contributed by atoms with van der Waals surface area (Å²) < 4.78 is 27.8. The number of rotatable bonds is 5. The molecule has 0 aromatic carbocycles. The molecule has 0 aromatic rings. The van der Waals surface area contributed by atoms with Gasteiger partial charge >= 0.3 is 6.09 Å². The standard InChI is InChI=1S/C15H28N2O4S/c1-12(11-22(5,19)20)16-10-13-6-8-17(9-7-13)14(18)21-15(2,3)4/h6,12,16H,7-11H2,1-5H3. The van der Waals surface area contributed by atoms with Crippen LogP contribution in [0.4, 0.5) is 4.79 Å². The molecule has 22 heavy (non-hydrogen) atoms. The largest absolute Gasteiger partial charge is 0.444 e. The average Bonchev–Trinajstić information content (AvgIpc) is 2.33. The van der Waals surface area contributed by atoms with Crippen LogP contribution in [-0.4, -0.2) is 62.7 Å².